The molecule has 7 nitrogen and oxygen atoms in total. The van der Waals surface area contributed by atoms with E-state index in [1.807, 2.05) is 4.90 Å². The van der Waals surface area contributed by atoms with E-state index in [4.69, 9.17) is 4.99 Å². The number of nitrogens with zero attached hydrogens (tertiary/aromatic N) is 3. The van der Waals surface area contributed by atoms with Crippen LogP contribution in [0.1, 0.15) is 69.8 Å². The van der Waals surface area contributed by atoms with Crippen LogP contribution < -0.4 is 0 Å². The molecule has 1 N–H and O–H groups in total. The highest BCUT2D eigenvalue weighted by Crippen LogP contribution is 2.40. The Morgan fingerprint density at radius 3 is 2.43 bits per heavy atom. The zero-order chi connectivity index (χ0) is 21.1. The van der Waals surface area contributed by atoms with E-state index in [2.05, 4.69) is 0 Å². The lowest BCUT2D eigenvalue weighted by Gasteiger charge is -2.31. The van der Waals surface area contributed by atoms with Crippen LogP contribution in [0.15, 0.2) is 28.1 Å². The van der Waals surface area contributed by atoms with Crippen molar-refractivity contribution in [1.29, 1.82) is 0 Å². The summed E-state index contributed by atoms with van der Waals surface area (Å²) in [7, 11) is 0. The van der Waals surface area contributed by atoms with Gasteiger partial charge in [-0.25, -0.2) is 0 Å². The number of thioether (sulfide) groups is 1. The first-order valence-electron chi connectivity index (χ1n) is 10.8. The van der Waals surface area contributed by atoms with E-state index in [1.165, 1.54) is 49.6 Å². The van der Waals surface area contributed by atoms with Crippen LogP contribution in [0.2, 0.25) is 0 Å². The van der Waals surface area contributed by atoms with E-state index in [1.54, 1.807) is 12.1 Å². The Bertz CT molecular complexity index is 886. The molecule has 0 radical (unpaired) electrons. The Morgan fingerprint density at radius 1 is 1.10 bits per heavy atom. The molecule has 0 unspecified atom stereocenters. The first-order valence-corrected chi connectivity index (χ1v) is 11.6. The molecule has 3 aliphatic rings. The number of hydrogen-bond donors (Lipinski definition) is 1. The van der Waals surface area contributed by atoms with E-state index >= 15 is 0 Å². The largest absolute Gasteiger partial charge is 0.502 e. The Labute approximate surface area is 180 Å². The van der Waals surface area contributed by atoms with Crippen LogP contribution in [0.25, 0.3) is 6.08 Å². The molecule has 30 heavy (non-hydrogen) atoms. The van der Waals surface area contributed by atoms with Crippen LogP contribution in [-0.2, 0) is 4.79 Å². The highest BCUT2D eigenvalue weighted by Gasteiger charge is 2.39. The summed E-state index contributed by atoms with van der Waals surface area (Å²) < 4.78 is 0. The fraction of sp³-hybridized carbons (Fsp3) is 0.545. The molecule has 160 valence electrons. The minimum absolute atomic E-state index is 0.104. The molecule has 0 spiro atoms. The third-order valence-electron chi connectivity index (χ3n) is 6.17. The SMILES string of the molecule is O=C1C(=Cc2cccc([N+](=O)[O-])c2O)SC(=NC2CCCCC2)N1C1CCCCC1. The molecule has 1 saturated heterocycles. The van der Waals surface area contributed by atoms with Gasteiger partial charge < -0.3 is 5.11 Å². The number of hydrogen-bond acceptors (Lipinski definition) is 6. The van der Waals surface area contributed by atoms with Crippen molar-refractivity contribution in [2.45, 2.75) is 76.3 Å². The third kappa shape index (κ3) is 4.38. The van der Waals surface area contributed by atoms with Crippen molar-refractivity contribution in [2.75, 3.05) is 0 Å². The average Bonchev–Trinajstić information content (AvgIpc) is 3.05. The summed E-state index contributed by atoms with van der Waals surface area (Å²) in [6.07, 6.45) is 12.7. The Kier molecular flexibility index (Phi) is 6.41. The van der Waals surface area contributed by atoms with Gasteiger partial charge in [-0.15, -0.1) is 0 Å². The number of amides is 1. The van der Waals surface area contributed by atoms with E-state index < -0.39 is 10.7 Å². The highest BCUT2D eigenvalue weighted by atomic mass is 32.2. The van der Waals surface area contributed by atoms with Gasteiger partial charge in [0, 0.05) is 17.7 Å². The number of aromatic hydroxyl groups is 1. The van der Waals surface area contributed by atoms with Gasteiger partial charge in [-0.2, -0.15) is 0 Å². The van der Waals surface area contributed by atoms with E-state index in [9.17, 15) is 20.0 Å². The topological polar surface area (TPSA) is 96.0 Å². The number of carbonyl (C=O) groups is 1. The van der Waals surface area contributed by atoms with Crippen LogP contribution in [-0.4, -0.2) is 38.1 Å². The van der Waals surface area contributed by atoms with Gasteiger partial charge in [0.15, 0.2) is 5.17 Å². The molecule has 0 bridgehead atoms. The smallest absolute Gasteiger partial charge is 0.311 e. The summed E-state index contributed by atoms with van der Waals surface area (Å²) >= 11 is 1.34. The third-order valence-corrected chi connectivity index (χ3v) is 7.17. The molecular weight excluding hydrogens is 402 g/mol. The zero-order valence-electron chi connectivity index (χ0n) is 17.0. The lowest BCUT2D eigenvalue weighted by molar-refractivity contribution is -0.385. The number of phenols is 1. The second-order valence-corrected chi connectivity index (χ2v) is 9.26. The number of nitro benzene ring substituents is 1. The number of para-hydroxylation sites is 1. The van der Waals surface area contributed by atoms with Gasteiger partial charge in [0.05, 0.1) is 15.9 Å². The molecule has 0 aromatic heterocycles. The standard InChI is InChI=1S/C22H27N3O4S/c26-20-15(8-7-13-18(20)25(28)29)14-19-21(27)24(17-11-5-2-6-12-17)22(30-19)23-16-9-3-1-4-10-16/h7-8,13-14,16-17,26H,1-6,9-12H2. The molecule has 1 aliphatic heterocycles. The fourth-order valence-electron chi connectivity index (χ4n) is 4.56. The maximum absolute atomic E-state index is 13.3. The van der Waals surface area contributed by atoms with Gasteiger partial charge in [0.1, 0.15) is 0 Å². The first-order chi connectivity index (χ1) is 14.5. The molecule has 1 aromatic carbocycles. The highest BCUT2D eigenvalue weighted by molar-refractivity contribution is 8.18. The van der Waals surface area contributed by atoms with Crippen LogP contribution in [0.4, 0.5) is 5.69 Å². The van der Waals surface area contributed by atoms with Gasteiger partial charge in [0.25, 0.3) is 5.91 Å². The van der Waals surface area contributed by atoms with Crippen molar-refractivity contribution in [3.8, 4) is 5.75 Å². The second-order valence-electron chi connectivity index (χ2n) is 8.25. The molecule has 3 fully saturated rings. The Hall–Kier alpha value is -2.35. The molecule has 1 aromatic rings. The predicted octanol–water partition coefficient (Wildman–Crippen LogP) is 5.24. The van der Waals surface area contributed by atoms with Crippen molar-refractivity contribution >= 4 is 34.6 Å². The molecule has 2 saturated carbocycles. The van der Waals surface area contributed by atoms with Crippen molar-refractivity contribution in [2.24, 2.45) is 4.99 Å². The van der Waals surface area contributed by atoms with Gasteiger partial charge in [-0.1, -0.05) is 50.7 Å². The number of carbonyl (C=O) groups excluding carboxylic acids is 1. The average molecular weight is 430 g/mol. The molecule has 8 heteroatoms. The summed E-state index contributed by atoms with van der Waals surface area (Å²) in [5, 5.41) is 22.2. The van der Waals surface area contributed by atoms with Crippen LogP contribution in [0.5, 0.6) is 5.75 Å². The van der Waals surface area contributed by atoms with Gasteiger partial charge in [0.2, 0.25) is 5.75 Å². The van der Waals surface area contributed by atoms with E-state index in [0.717, 1.165) is 43.7 Å². The Balaban J connectivity index is 1.67. The summed E-state index contributed by atoms with van der Waals surface area (Å²) in [5.41, 5.74) is -0.0809. The van der Waals surface area contributed by atoms with Gasteiger partial charge in [-0.05, 0) is 43.5 Å². The second kappa shape index (κ2) is 9.20. The zero-order valence-corrected chi connectivity index (χ0v) is 17.8. The first kappa shape index (κ1) is 20.9. The number of aliphatic imine (C=N–C) groups is 1. The van der Waals surface area contributed by atoms with Gasteiger partial charge >= 0.3 is 5.69 Å². The van der Waals surface area contributed by atoms with Crippen molar-refractivity contribution in [3.63, 3.8) is 0 Å². The quantitative estimate of drug-likeness (QED) is 0.401. The van der Waals surface area contributed by atoms with Crippen LogP contribution in [0, 0.1) is 10.1 Å². The van der Waals surface area contributed by atoms with E-state index in [0.29, 0.717) is 4.91 Å². The summed E-state index contributed by atoms with van der Waals surface area (Å²) in [4.78, 5) is 31.1. The summed E-state index contributed by atoms with van der Waals surface area (Å²) in [6, 6.07) is 4.77. The number of rotatable bonds is 4. The van der Waals surface area contributed by atoms with Crippen molar-refractivity contribution in [1.82, 2.24) is 4.90 Å². The molecule has 1 amide bonds. The van der Waals surface area contributed by atoms with Gasteiger partial charge in [-0.3, -0.25) is 24.8 Å². The number of amidine groups is 1. The lowest BCUT2D eigenvalue weighted by Crippen LogP contribution is -2.41. The maximum atomic E-state index is 13.3. The molecular formula is C22H27N3O4S. The molecule has 4 rings (SSSR count). The van der Waals surface area contributed by atoms with Crippen LogP contribution in [0.3, 0.4) is 0 Å². The monoisotopic (exact) mass is 429 g/mol. The van der Waals surface area contributed by atoms with Crippen LogP contribution >= 0.6 is 11.8 Å². The van der Waals surface area contributed by atoms with E-state index in [-0.39, 0.29) is 29.2 Å². The fourth-order valence-corrected chi connectivity index (χ4v) is 5.66. The molecule has 0 atom stereocenters. The Morgan fingerprint density at radius 2 is 1.77 bits per heavy atom. The van der Waals surface area contributed by atoms with Crippen molar-refractivity contribution < 1.29 is 14.8 Å². The number of phenolic OH excluding ortho intramolecular Hbond substituents is 1. The molecule has 1 heterocycles. The minimum Gasteiger partial charge on any atom is -0.502 e. The predicted molar refractivity (Wildman–Crippen MR) is 118 cm³/mol. The van der Waals surface area contributed by atoms with Crippen molar-refractivity contribution in [3.05, 3.63) is 38.8 Å². The molecule has 2 aliphatic carbocycles. The lowest BCUT2D eigenvalue weighted by atomic mass is 9.94. The maximum Gasteiger partial charge on any atom is 0.311 e. The summed E-state index contributed by atoms with van der Waals surface area (Å²) in [5.74, 6) is -0.516. The summed E-state index contributed by atoms with van der Waals surface area (Å²) in [6.45, 7) is 0. The normalized spacial score (nSPS) is 24.1. The number of nitro groups is 1. The number of benzene rings is 1. The minimum atomic E-state index is -0.620.